The predicted molar refractivity (Wildman–Crippen MR) is 74.8 cm³/mol. The van der Waals surface area contributed by atoms with Crippen LogP contribution in [0.15, 0.2) is 35.2 Å². The SMILES string of the molecule is CC(C)(C)C1CC(Sc2ccccc2)(C(=O)O)C1. The second-order valence-electron chi connectivity index (χ2n) is 6.19. The largest absolute Gasteiger partial charge is 0.480 e. The third-order valence-electron chi connectivity index (χ3n) is 3.82. The Hall–Kier alpha value is -0.960. The summed E-state index contributed by atoms with van der Waals surface area (Å²) in [6.45, 7) is 6.57. The van der Waals surface area contributed by atoms with Crippen molar-refractivity contribution in [3.8, 4) is 0 Å². The van der Waals surface area contributed by atoms with E-state index < -0.39 is 10.7 Å². The standard InChI is InChI=1S/C15H20O2S/c1-14(2,3)11-9-15(10-11,13(16)17)18-12-7-5-4-6-8-12/h4-8,11H,9-10H2,1-3H3,(H,16,17). The maximum Gasteiger partial charge on any atom is 0.320 e. The van der Waals surface area contributed by atoms with Crippen molar-refractivity contribution < 1.29 is 9.90 Å². The van der Waals surface area contributed by atoms with Gasteiger partial charge in [-0.05, 0) is 36.3 Å². The summed E-state index contributed by atoms with van der Waals surface area (Å²) >= 11 is 1.51. The minimum atomic E-state index is -0.670. The Morgan fingerprint density at radius 2 is 1.83 bits per heavy atom. The Morgan fingerprint density at radius 3 is 2.28 bits per heavy atom. The van der Waals surface area contributed by atoms with Crippen LogP contribution in [0.5, 0.6) is 0 Å². The van der Waals surface area contributed by atoms with Crippen LogP contribution in [0.25, 0.3) is 0 Å². The van der Waals surface area contributed by atoms with Gasteiger partial charge in [0, 0.05) is 4.90 Å². The van der Waals surface area contributed by atoms with Crippen molar-refractivity contribution in [2.45, 2.75) is 43.3 Å². The molecule has 1 aromatic carbocycles. The summed E-state index contributed by atoms with van der Waals surface area (Å²) in [7, 11) is 0. The second kappa shape index (κ2) is 4.61. The highest BCUT2D eigenvalue weighted by Crippen LogP contribution is 2.56. The van der Waals surface area contributed by atoms with Gasteiger partial charge in [-0.15, -0.1) is 11.8 Å². The van der Waals surface area contributed by atoms with E-state index in [-0.39, 0.29) is 5.41 Å². The highest BCUT2D eigenvalue weighted by molar-refractivity contribution is 8.01. The molecule has 1 aliphatic carbocycles. The molecule has 1 aliphatic rings. The normalized spacial score (nSPS) is 27.6. The fourth-order valence-electron chi connectivity index (χ4n) is 2.36. The fourth-order valence-corrected chi connectivity index (χ4v) is 3.77. The van der Waals surface area contributed by atoms with Crippen molar-refractivity contribution in [1.29, 1.82) is 0 Å². The summed E-state index contributed by atoms with van der Waals surface area (Å²) in [5.74, 6) is -0.165. The van der Waals surface area contributed by atoms with Crippen LogP contribution in [-0.2, 0) is 4.79 Å². The molecule has 1 saturated carbocycles. The van der Waals surface area contributed by atoms with Crippen LogP contribution in [-0.4, -0.2) is 15.8 Å². The lowest BCUT2D eigenvalue weighted by molar-refractivity contribution is -0.145. The summed E-state index contributed by atoms with van der Waals surface area (Å²) < 4.78 is -0.612. The molecule has 0 amide bonds. The number of benzene rings is 1. The van der Waals surface area contributed by atoms with Crippen LogP contribution in [0.4, 0.5) is 0 Å². The molecule has 0 aromatic heterocycles. The summed E-state index contributed by atoms with van der Waals surface area (Å²) in [4.78, 5) is 12.6. The molecule has 0 unspecified atom stereocenters. The molecule has 0 radical (unpaired) electrons. The minimum absolute atomic E-state index is 0.205. The lowest BCUT2D eigenvalue weighted by Crippen LogP contribution is -2.51. The van der Waals surface area contributed by atoms with Crippen molar-refractivity contribution in [1.82, 2.24) is 0 Å². The van der Waals surface area contributed by atoms with Gasteiger partial charge in [-0.25, -0.2) is 0 Å². The molecule has 98 valence electrons. The number of rotatable bonds is 3. The molecule has 1 aromatic rings. The molecule has 0 saturated heterocycles. The highest BCUT2D eigenvalue weighted by atomic mass is 32.2. The van der Waals surface area contributed by atoms with E-state index in [4.69, 9.17) is 0 Å². The fraction of sp³-hybridized carbons (Fsp3) is 0.533. The van der Waals surface area contributed by atoms with E-state index in [2.05, 4.69) is 20.8 Å². The smallest absolute Gasteiger partial charge is 0.320 e. The summed E-state index contributed by atoms with van der Waals surface area (Å²) in [6, 6.07) is 9.84. The molecule has 0 bridgehead atoms. The molecule has 2 nitrogen and oxygen atoms in total. The first kappa shape index (κ1) is 13.5. The Bertz CT molecular complexity index is 428. The number of carbonyl (C=O) groups is 1. The van der Waals surface area contributed by atoms with Crippen LogP contribution >= 0.6 is 11.8 Å². The molecule has 0 spiro atoms. The molecular formula is C15H20O2S. The average molecular weight is 264 g/mol. The van der Waals surface area contributed by atoms with Crippen molar-refractivity contribution in [3.05, 3.63) is 30.3 Å². The number of hydrogen-bond acceptors (Lipinski definition) is 2. The van der Waals surface area contributed by atoms with Gasteiger partial charge in [0.25, 0.3) is 0 Å². The van der Waals surface area contributed by atoms with E-state index in [0.29, 0.717) is 5.92 Å². The number of hydrogen-bond donors (Lipinski definition) is 1. The van der Waals surface area contributed by atoms with Gasteiger partial charge in [0.05, 0.1) is 0 Å². The predicted octanol–water partition coefficient (Wildman–Crippen LogP) is 4.06. The van der Waals surface area contributed by atoms with Crippen LogP contribution in [0.3, 0.4) is 0 Å². The molecule has 0 aliphatic heterocycles. The first-order chi connectivity index (χ1) is 8.33. The van der Waals surface area contributed by atoms with Crippen molar-refractivity contribution in [2.24, 2.45) is 11.3 Å². The molecule has 2 rings (SSSR count). The first-order valence-electron chi connectivity index (χ1n) is 6.31. The maximum atomic E-state index is 11.6. The van der Waals surface area contributed by atoms with Gasteiger partial charge in [0.1, 0.15) is 4.75 Å². The Balaban J connectivity index is 2.11. The molecule has 18 heavy (non-hydrogen) atoms. The third-order valence-corrected chi connectivity index (χ3v) is 5.23. The van der Waals surface area contributed by atoms with E-state index >= 15 is 0 Å². The third kappa shape index (κ3) is 2.56. The summed E-state index contributed by atoms with van der Waals surface area (Å²) in [6.07, 6.45) is 1.54. The van der Waals surface area contributed by atoms with Crippen LogP contribution in [0.1, 0.15) is 33.6 Å². The van der Waals surface area contributed by atoms with Crippen molar-refractivity contribution >= 4 is 17.7 Å². The van der Waals surface area contributed by atoms with Crippen LogP contribution in [0, 0.1) is 11.3 Å². The van der Waals surface area contributed by atoms with Gasteiger partial charge in [0.2, 0.25) is 0 Å². The van der Waals surface area contributed by atoms with Gasteiger partial charge in [-0.2, -0.15) is 0 Å². The Morgan fingerprint density at radius 1 is 1.28 bits per heavy atom. The van der Waals surface area contributed by atoms with Crippen LogP contribution in [0.2, 0.25) is 0 Å². The quantitative estimate of drug-likeness (QED) is 0.894. The Labute approximate surface area is 113 Å². The summed E-state index contributed by atoms with van der Waals surface area (Å²) in [5.41, 5.74) is 0.205. The van der Waals surface area contributed by atoms with Gasteiger partial charge >= 0.3 is 5.97 Å². The molecule has 0 atom stereocenters. The van der Waals surface area contributed by atoms with Crippen LogP contribution < -0.4 is 0 Å². The maximum absolute atomic E-state index is 11.6. The van der Waals surface area contributed by atoms with E-state index in [1.54, 1.807) is 0 Å². The zero-order valence-electron chi connectivity index (χ0n) is 11.1. The van der Waals surface area contributed by atoms with Gasteiger partial charge in [-0.3, -0.25) is 4.79 Å². The number of aliphatic carboxylic acids is 1. The lowest BCUT2D eigenvalue weighted by atomic mass is 9.62. The summed E-state index contributed by atoms with van der Waals surface area (Å²) in [5, 5.41) is 9.51. The van der Waals surface area contributed by atoms with E-state index in [9.17, 15) is 9.90 Å². The monoisotopic (exact) mass is 264 g/mol. The molecule has 1 fully saturated rings. The number of thioether (sulfide) groups is 1. The highest BCUT2D eigenvalue weighted by Gasteiger charge is 2.54. The van der Waals surface area contributed by atoms with Gasteiger partial charge in [-0.1, -0.05) is 39.0 Å². The number of carboxylic acid groups (broad SMARTS) is 1. The first-order valence-corrected chi connectivity index (χ1v) is 7.13. The van der Waals surface area contributed by atoms with Crippen molar-refractivity contribution in [3.63, 3.8) is 0 Å². The van der Waals surface area contributed by atoms with Gasteiger partial charge in [0.15, 0.2) is 0 Å². The average Bonchev–Trinajstić information content (AvgIpc) is 2.22. The zero-order valence-corrected chi connectivity index (χ0v) is 12.0. The molecular weight excluding hydrogens is 244 g/mol. The van der Waals surface area contributed by atoms with Gasteiger partial charge < -0.3 is 5.11 Å². The molecule has 3 heteroatoms. The second-order valence-corrected chi connectivity index (χ2v) is 7.64. The minimum Gasteiger partial charge on any atom is -0.480 e. The topological polar surface area (TPSA) is 37.3 Å². The van der Waals surface area contributed by atoms with E-state index in [1.807, 2.05) is 30.3 Å². The lowest BCUT2D eigenvalue weighted by Gasteiger charge is -2.49. The van der Waals surface area contributed by atoms with E-state index in [1.165, 1.54) is 11.8 Å². The number of carboxylic acids is 1. The van der Waals surface area contributed by atoms with E-state index in [0.717, 1.165) is 17.7 Å². The molecule has 0 heterocycles. The zero-order chi connectivity index (χ0) is 13.4. The van der Waals surface area contributed by atoms with Crippen molar-refractivity contribution in [2.75, 3.05) is 0 Å². The molecule has 1 N–H and O–H groups in total. The Kier molecular flexibility index (Phi) is 3.45.